The lowest BCUT2D eigenvalue weighted by molar-refractivity contribution is 0.414. The van der Waals surface area contributed by atoms with Crippen LogP contribution in [0.4, 0.5) is 5.82 Å². The number of methoxy groups -OCH3 is 1. The summed E-state index contributed by atoms with van der Waals surface area (Å²) in [6.45, 7) is 0. The van der Waals surface area contributed by atoms with Crippen molar-refractivity contribution in [1.82, 2.24) is 9.97 Å². The molecule has 0 atom stereocenters. The van der Waals surface area contributed by atoms with Crippen LogP contribution in [-0.4, -0.2) is 17.1 Å². The van der Waals surface area contributed by atoms with Crippen molar-refractivity contribution in [3.63, 3.8) is 0 Å². The number of rotatable bonds is 4. The van der Waals surface area contributed by atoms with Crippen molar-refractivity contribution >= 4 is 17.6 Å². The minimum absolute atomic E-state index is 0.545. The van der Waals surface area contributed by atoms with E-state index in [2.05, 4.69) is 15.4 Å². The SMILES string of the molecule is COc1ccc(Sc2cncc(NN)n2)cc1. The van der Waals surface area contributed by atoms with Crippen molar-refractivity contribution in [2.45, 2.75) is 9.92 Å². The zero-order chi connectivity index (χ0) is 12.1. The third kappa shape index (κ3) is 3.08. The molecule has 0 bridgehead atoms. The van der Waals surface area contributed by atoms with E-state index < -0.39 is 0 Å². The monoisotopic (exact) mass is 248 g/mol. The van der Waals surface area contributed by atoms with Crippen LogP contribution in [-0.2, 0) is 0 Å². The molecule has 0 unspecified atom stereocenters. The molecule has 1 aromatic carbocycles. The number of hydrogen-bond donors (Lipinski definition) is 2. The Kier molecular flexibility index (Phi) is 3.79. The van der Waals surface area contributed by atoms with Crippen LogP contribution in [0.3, 0.4) is 0 Å². The van der Waals surface area contributed by atoms with Gasteiger partial charge in [0.2, 0.25) is 0 Å². The summed E-state index contributed by atoms with van der Waals surface area (Å²) in [6, 6.07) is 7.74. The van der Waals surface area contributed by atoms with Crippen LogP contribution in [0.2, 0.25) is 0 Å². The van der Waals surface area contributed by atoms with Gasteiger partial charge >= 0.3 is 0 Å². The first kappa shape index (κ1) is 11.7. The van der Waals surface area contributed by atoms with E-state index in [4.69, 9.17) is 10.6 Å². The molecule has 2 rings (SSSR count). The van der Waals surface area contributed by atoms with Crippen LogP contribution >= 0.6 is 11.8 Å². The highest BCUT2D eigenvalue weighted by Crippen LogP contribution is 2.27. The molecule has 17 heavy (non-hydrogen) atoms. The molecule has 0 radical (unpaired) electrons. The van der Waals surface area contributed by atoms with Crippen LogP contribution in [0, 0.1) is 0 Å². The maximum Gasteiger partial charge on any atom is 0.159 e. The number of nitrogens with zero attached hydrogens (tertiary/aromatic N) is 2. The van der Waals surface area contributed by atoms with Crippen molar-refractivity contribution < 1.29 is 4.74 Å². The Labute approximate surface area is 103 Å². The van der Waals surface area contributed by atoms with Crippen LogP contribution in [0.1, 0.15) is 0 Å². The van der Waals surface area contributed by atoms with E-state index in [9.17, 15) is 0 Å². The van der Waals surface area contributed by atoms with E-state index >= 15 is 0 Å². The second-order valence-corrected chi connectivity index (χ2v) is 4.26. The first-order chi connectivity index (χ1) is 8.31. The molecular formula is C11H12N4OS. The highest BCUT2D eigenvalue weighted by atomic mass is 32.2. The molecule has 0 amide bonds. The van der Waals surface area contributed by atoms with E-state index in [-0.39, 0.29) is 0 Å². The summed E-state index contributed by atoms with van der Waals surface area (Å²) in [5.74, 6) is 6.65. The van der Waals surface area contributed by atoms with Gasteiger partial charge in [0.05, 0.1) is 19.5 Å². The van der Waals surface area contributed by atoms with Crippen molar-refractivity contribution in [1.29, 1.82) is 0 Å². The quantitative estimate of drug-likeness (QED) is 0.636. The average Bonchev–Trinajstić information content (AvgIpc) is 2.40. The van der Waals surface area contributed by atoms with E-state index in [0.717, 1.165) is 15.7 Å². The molecule has 0 fully saturated rings. The highest BCUT2D eigenvalue weighted by molar-refractivity contribution is 7.99. The number of aromatic nitrogens is 2. The third-order valence-corrected chi connectivity index (χ3v) is 2.96. The fourth-order valence-corrected chi connectivity index (χ4v) is 2.00. The topological polar surface area (TPSA) is 73.1 Å². The van der Waals surface area contributed by atoms with Crippen molar-refractivity contribution in [3.05, 3.63) is 36.7 Å². The number of nitrogens with two attached hydrogens (primary N) is 1. The largest absolute Gasteiger partial charge is 0.497 e. The molecule has 3 N–H and O–H groups in total. The number of benzene rings is 1. The number of hydrogen-bond acceptors (Lipinski definition) is 6. The van der Waals surface area contributed by atoms with Crippen LogP contribution in [0.5, 0.6) is 5.75 Å². The number of hydrazine groups is 1. The first-order valence-corrected chi connectivity index (χ1v) is 5.74. The predicted molar refractivity (Wildman–Crippen MR) is 67.0 cm³/mol. The zero-order valence-corrected chi connectivity index (χ0v) is 10.1. The Bertz CT molecular complexity index is 489. The Morgan fingerprint density at radius 2 is 2.00 bits per heavy atom. The molecule has 0 aliphatic heterocycles. The lowest BCUT2D eigenvalue weighted by atomic mass is 10.3. The summed E-state index contributed by atoms with van der Waals surface area (Å²) >= 11 is 1.51. The van der Waals surface area contributed by atoms with Crippen LogP contribution in [0.25, 0.3) is 0 Å². The van der Waals surface area contributed by atoms with Gasteiger partial charge in [-0.25, -0.2) is 10.8 Å². The molecule has 2 aromatic rings. The summed E-state index contributed by atoms with van der Waals surface area (Å²) in [6.07, 6.45) is 3.26. The van der Waals surface area contributed by atoms with Crippen molar-refractivity contribution in [2.24, 2.45) is 5.84 Å². The van der Waals surface area contributed by atoms with E-state index in [0.29, 0.717) is 5.82 Å². The van der Waals surface area contributed by atoms with Gasteiger partial charge in [0, 0.05) is 4.90 Å². The molecule has 0 aliphatic rings. The Morgan fingerprint density at radius 3 is 2.65 bits per heavy atom. The lowest BCUT2D eigenvalue weighted by Gasteiger charge is -2.04. The van der Waals surface area contributed by atoms with Gasteiger partial charge in [-0.2, -0.15) is 0 Å². The fraction of sp³-hybridized carbons (Fsp3) is 0.0909. The summed E-state index contributed by atoms with van der Waals surface area (Å²) in [4.78, 5) is 9.36. The molecule has 5 nitrogen and oxygen atoms in total. The van der Waals surface area contributed by atoms with Gasteiger partial charge < -0.3 is 10.2 Å². The van der Waals surface area contributed by atoms with Gasteiger partial charge in [-0.1, -0.05) is 11.8 Å². The highest BCUT2D eigenvalue weighted by Gasteiger charge is 2.01. The smallest absolute Gasteiger partial charge is 0.159 e. The summed E-state index contributed by atoms with van der Waals surface area (Å²) < 4.78 is 5.09. The van der Waals surface area contributed by atoms with E-state index in [1.807, 2.05) is 24.3 Å². The number of ether oxygens (including phenoxy) is 1. The van der Waals surface area contributed by atoms with Gasteiger partial charge in [0.25, 0.3) is 0 Å². The van der Waals surface area contributed by atoms with Crippen LogP contribution in [0.15, 0.2) is 46.6 Å². The molecule has 0 spiro atoms. The van der Waals surface area contributed by atoms with Crippen LogP contribution < -0.4 is 16.0 Å². The number of anilines is 1. The average molecular weight is 248 g/mol. The molecule has 0 saturated heterocycles. The third-order valence-electron chi connectivity index (χ3n) is 2.04. The second-order valence-electron chi connectivity index (χ2n) is 3.16. The summed E-state index contributed by atoms with van der Waals surface area (Å²) in [5, 5.41) is 0.783. The van der Waals surface area contributed by atoms with Gasteiger partial charge in [-0.15, -0.1) is 0 Å². The normalized spacial score (nSPS) is 10.0. The lowest BCUT2D eigenvalue weighted by Crippen LogP contribution is -2.08. The van der Waals surface area contributed by atoms with Gasteiger partial charge in [-0.05, 0) is 24.3 Å². The van der Waals surface area contributed by atoms with Gasteiger partial charge in [0.15, 0.2) is 5.82 Å². The number of nitrogen functional groups attached to an aromatic ring is 1. The molecule has 0 saturated carbocycles. The van der Waals surface area contributed by atoms with E-state index in [1.54, 1.807) is 19.5 Å². The minimum Gasteiger partial charge on any atom is -0.497 e. The van der Waals surface area contributed by atoms with Crippen molar-refractivity contribution in [2.75, 3.05) is 12.5 Å². The maximum atomic E-state index is 5.27. The zero-order valence-electron chi connectivity index (χ0n) is 9.25. The Balaban J connectivity index is 2.13. The van der Waals surface area contributed by atoms with E-state index in [1.165, 1.54) is 11.8 Å². The molecule has 0 aliphatic carbocycles. The first-order valence-electron chi connectivity index (χ1n) is 4.92. The second kappa shape index (κ2) is 5.51. The Morgan fingerprint density at radius 1 is 1.24 bits per heavy atom. The van der Waals surface area contributed by atoms with Gasteiger partial charge in [-0.3, -0.25) is 4.98 Å². The molecule has 1 heterocycles. The van der Waals surface area contributed by atoms with Crippen molar-refractivity contribution in [3.8, 4) is 5.75 Å². The summed E-state index contributed by atoms with van der Waals surface area (Å²) in [7, 11) is 1.64. The summed E-state index contributed by atoms with van der Waals surface area (Å²) in [5.41, 5.74) is 2.46. The molecule has 88 valence electrons. The minimum atomic E-state index is 0.545. The Hall–Kier alpha value is -1.79. The standard InChI is InChI=1S/C11H12N4OS/c1-16-8-2-4-9(5-3-8)17-11-7-13-6-10(14-11)15-12/h2-7H,12H2,1H3,(H,14,15). The number of nitrogens with one attached hydrogen (secondary N) is 1. The van der Waals surface area contributed by atoms with Gasteiger partial charge in [0.1, 0.15) is 10.8 Å². The molecule has 1 aromatic heterocycles. The maximum absolute atomic E-state index is 5.27. The molecular weight excluding hydrogens is 236 g/mol. The molecule has 6 heteroatoms. The predicted octanol–water partition coefficient (Wildman–Crippen LogP) is 1.92. The fourth-order valence-electron chi connectivity index (χ4n) is 1.23.